The Bertz CT molecular complexity index is 647. The molecule has 104 valence electrons. The van der Waals surface area contributed by atoms with E-state index in [9.17, 15) is 0 Å². The van der Waals surface area contributed by atoms with Crippen molar-refractivity contribution in [1.29, 1.82) is 5.41 Å². The van der Waals surface area contributed by atoms with Gasteiger partial charge in [0.1, 0.15) is 18.2 Å². The van der Waals surface area contributed by atoms with Crippen LogP contribution in [-0.2, 0) is 6.61 Å². The minimum Gasteiger partial charge on any atom is -0.489 e. The van der Waals surface area contributed by atoms with Crippen molar-refractivity contribution in [2.24, 2.45) is 5.73 Å². The molecule has 0 saturated carbocycles. The minimum atomic E-state index is 0.0925. The van der Waals surface area contributed by atoms with Gasteiger partial charge in [-0.25, -0.2) is 0 Å². The van der Waals surface area contributed by atoms with Gasteiger partial charge in [0.25, 0.3) is 0 Å². The lowest BCUT2D eigenvalue weighted by molar-refractivity contribution is 0.303. The van der Waals surface area contributed by atoms with Crippen molar-refractivity contribution >= 4 is 5.84 Å². The zero-order valence-corrected chi connectivity index (χ0v) is 12.2. The van der Waals surface area contributed by atoms with Crippen LogP contribution in [0.15, 0.2) is 36.4 Å². The molecule has 0 bridgehead atoms. The minimum absolute atomic E-state index is 0.0925. The molecule has 0 aliphatic carbocycles. The van der Waals surface area contributed by atoms with E-state index < -0.39 is 0 Å². The molecule has 3 heteroatoms. The number of aryl methyl sites for hydroxylation is 3. The van der Waals surface area contributed by atoms with Gasteiger partial charge in [-0.05, 0) is 49.6 Å². The Balaban J connectivity index is 2.13. The summed E-state index contributed by atoms with van der Waals surface area (Å²) in [5.41, 5.74) is 10.8. The Labute approximate surface area is 119 Å². The standard InChI is InChI=1S/C17H20N2O/c1-11-4-7-16(13(3)8-11)20-10-15-6-5-14(17(18)19)9-12(15)2/h4-9H,10H2,1-3H3,(H3,18,19). The third-order valence-electron chi connectivity index (χ3n) is 3.37. The van der Waals surface area contributed by atoms with Crippen LogP contribution in [0.2, 0.25) is 0 Å². The highest BCUT2D eigenvalue weighted by Gasteiger charge is 2.05. The summed E-state index contributed by atoms with van der Waals surface area (Å²) in [5.74, 6) is 1.00. The molecule has 0 aliphatic heterocycles. The lowest BCUT2D eigenvalue weighted by Crippen LogP contribution is -2.11. The molecule has 3 N–H and O–H groups in total. The maximum atomic E-state index is 7.43. The van der Waals surface area contributed by atoms with Gasteiger partial charge in [-0.2, -0.15) is 0 Å². The number of benzene rings is 2. The van der Waals surface area contributed by atoms with Crippen molar-refractivity contribution in [2.45, 2.75) is 27.4 Å². The number of nitrogen functional groups attached to an aromatic ring is 1. The molecule has 0 aliphatic rings. The van der Waals surface area contributed by atoms with Crippen LogP contribution in [0.4, 0.5) is 0 Å². The zero-order valence-electron chi connectivity index (χ0n) is 12.2. The van der Waals surface area contributed by atoms with Crippen LogP contribution in [0.25, 0.3) is 0 Å². The van der Waals surface area contributed by atoms with Crippen molar-refractivity contribution in [1.82, 2.24) is 0 Å². The average Bonchev–Trinajstić information content (AvgIpc) is 2.38. The van der Waals surface area contributed by atoms with Gasteiger partial charge in [-0.3, -0.25) is 5.41 Å². The van der Waals surface area contributed by atoms with Crippen molar-refractivity contribution in [3.63, 3.8) is 0 Å². The fourth-order valence-electron chi connectivity index (χ4n) is 2.14. The first-order chi connectivity index (χ1) is 9.47. The molecule has 0 spiro atoms. The molecule has 0 radical (unpaired) electrons. The van der Waals surface area contributed by atoms with E-state index in [1.165, 1.54) is 5.56 Å². The third-order valence-corrected chi connectivity index (χ3v) is 3.37. The summed E-state index contributed by atoms with van der Waals surface area (Å²) in [6.45, 7) is 6.65. The van der Waals surface area contributed by atoms with Gasteiger partial charge in [0, 0.05) is 5.56 Å². The first-order valence-electron chi connectivity index (χ1n) is 6.61. The van der Waals surface area contributed by atoms with E-state index >= 15 is 0 Å². The Morgan fingerprint density at radius 2 is 1.80 bits per heavy atom. The summed E-state index contributed by atoms with van der Waals surface area (Å²) >= 11 is 0. The van der Waals surface area contributed by atoms with Gasteiger partial charge in [-0.15, -0.1) is 0 Å². The van der Waals surface area contributed by atoms with Gasteiger partial charge in [0.05, 0.1) is 0 Å². The molecule has 0 heterocycles. The number of amidine groups is 1. The van der Waals surface area contributed by atoms with Crippen LogP contribution < -0.4 is 10.5 Å². The van der Waals surface area contributed by atoms with Gasteiger partial charge in [0.15, 0.2) is 0 Å². The van der Waals surface area contributed by atoms with E-state index in [0.29, 0.717) is 6.61 Å². The third kappa shape index (κ3) is 3.18. The summed E-state index contributed by atoms with van der Waals surface area (Å²) in [5, 5.41) is 7.43. The highest BCUT2D eigenvalue weighted by atomic mass is 16.5. The Hall–Kier alpha value is -2.29. The fourth-order valence-corrected chi connectivity index (χ4v) is 2.14. The SMILES string of the molecule is Cc1ccc(OCc2ccc(C(=N)N)cc2C)c(C)c1. The molecule has 0 unspecified atom stereocenters. The van der Waals surface area contributed by atoms with Crippen molar-refractivity contribution in [3.8, 4) is 5.75 Å². The quantitative estimate of drug-likeness (QED) is 0.659. The zero-order chi connectivity index (χ0) is 14.7. The second kappa shape index (κ2) is 5.78. The van der Waals surface area contributed by atoms with E-state index in [0.717, 1.165) is 28.0 Å². The second-order valence-electron chi connectivity index (χ2n) is 5.11. The molecule has 0 aromatic heterocycles. The smallest absolute Gasteiger partial charge is 0.122 e. The highest BCUT2D eigenvalue weighted by Crippen LogP contribution is 2.21. The number of hydrogen-bond donors (Lipinski definition) is 2. The van der Waals surface area contributed by atoms with Gasteiger partial charge in [0.2, 0.25) is 0 Å². The lowest BCUT2D eigenvalue weighted by atomic mass is 10.1. The first kappa shape index (κ1) is 14.1. The second-order valence-corrected chi connectivity index (χ2v) is 5.11. The number of nitrogens with one attached hydrogen (secondary N) is 1. The fraction of sp³-hybridized carbons (Fsp3) is 0.235. The molecule has 0 saturated heterocycles. The normalized spacial score (nSPS) is 10.3. The molecular formula is C17H20N2O. The first-order valence-corrected chi connectivity index (χ1v) is 6.61. The summed E-state index contributed by atoms with van der Waals surface area (Å²) in [7, 11) is 0. The predicted octanol–water partition coefficient (Wildman–Crippen LogP) is 3.47. The van der Waals surface area contributed by atoms with Gasteiger partial charge < -0.3 is 10.5 Å². The van der Waals surface area contributed by atoms with Crippen LogP contribution >= 0.6 is 0 Å². The summed E-state index contributed by atoms with van der Waals surface area (Å²) in [6, 6.07) is 11.9. The number of nitrogens with two attached hydrogens (primary N) is 1. The average molecular weight is 268 g/mol. The Morgan fingerprint density at radius 3 is 2.40 bits per heavy atom. The molecule has 2 aromatic rings. The summed E-state index contributed by atoms with van der Waals surface area (Å²) in [6.07, 6.45) is 0. The highest BCUT2D eigenvalue weighted by molar-refractivity contribution is 5.95. The van der Waals surface area contributed by atoms with Crippen LogP contribution in [0.1, 0.15) is 27.8 Å². The molecule has 0 fully saturated rings. The van der Waals surface area contributed by atoms with Crippen LogP contribution in [-0.4, -0.2) is 5.84 Å². The number of ether oxygens (including phenoxy) is 1. The maximum absolute atomic E-state index is 7.43. The van der Waals surface area contributed by atoms with Crippen molar-refractivity contribution < 1.29 is 4.74 Å². The van der Waals surface area contributed by atoms with Crippen LogP contribution in [0.5, 0.6) is 5.75 Å². The van der Waals surface area contributed by atoms with Crippen LogP contribution in [0, 0.1) is 26.2 Å². The maximum Gasteiger partial charge on any atom is 0.122 e. The topological polar surface area (TPSA) is 59.1 Å². The van der Waals surface area contributed by atoms with E-state index in [-0.39, 0.29) is 5.84 Å². The molecule has 20 heavy (non-hydrogen) atoms. The van der Waals surface area contributed by atoms with E-state index in [1.54, 1.807) is 0 Å². The summed E-state index contributed by atoms with van der Waals surface area (Å²) in [4.78, 5) is 0. The summed E-state index contributed by atoms with van der Waals surface area (Å²) < 4.78 is 5.87. The van der Waals surface area contributed by atoms with Gasteiger partial charge >= 0.3 is 0 Å². The molecule has 0 atom stereocenters. The largest absolute Gasteiger partial charge is 0.489 e. The monoisotopic (exact) mass is 268 g/mol. The van der Waals surface area contributed by atoms with Crippen molar-refractivity contribution in [2.75, 3.05) is 0 Å². The van der Waals surface area contributed by atoms with Gasteiger partial charge in [-0.1, -0.05) is 29.8 Å². The number of rotatable bonds is 4. The van der Waals surface area contributed by atoms with Crippen LogP contribution in [0.3, 0.4) is 0 Å². The predicted molar refractivity (Wildman–Crippen MR) is 82.4 cm³/mol. The molecule has 3 nitrogen and oxygen atoms in total. The van der Waals surface area contributed by atoms with E-state index in [4.69, 9.17) is 15.9 Å². The Morgan fingerprint density at radius 1 is 1.05 bits per heavy atom. The Kier molecular flexibility index (Phi) is 4.08. The molecule has 2 aromatic carbocycles. The molecular weight excluding hydrogens is 248 g/mol. The molecule has 2 rings (SSSR count). The molecule has 0 amide bonds. The number of hydrogen-bond acceptors (Lipinski definition) is 2. The van der Waals surface area contributed by atoms with Crippen molar-refractivity contribution in [3.05, 3.63) is 64.2 Å². The van der Waals surface area contributed by atoms with E-state index in [1.807, 2.05) is 44.2 Å². The van der Waals surface area contributed by atoms with E-state index in [2.05, 4.69) is 13.0 Å². The lowest BCUT2D eigenvalue weighted by Gasteiger charge is -2.12.